The lowest BCUT2D eigenvalue weighted by Gasteiger charge is -2.39. The number of hydrogen-bond acceptors (Lipinski definition) is 6. The van der Waals surface area contributed by atoms with Gasteiger partial charge in [-0.1, -0.05) is 35.9 Å². The molecule has 10 nitrogen and oxygen atoms in total. The van der Waals surface area contributed by atoms with Crippen LogP contribution in [-0.2, 0) is 24.3 Å². The molecule has 2 aromatic carbocycles. The summed E-state index contributed by atoms with van der Waals surface area (Å²) in [4.78, 5) is 42.7. The van der Waals surface area contributed by atoms with E-state index in [0.29, 0.717) is 6.42 Å². The third-order valence-electron chi connectivity index (χ3n) is 7.00. The lowest BCUT2D eigenvalue weighted by Crippen LogP contribution is -2.56. The minimum absolute atomic E-state index is 0.0250. The number of carbonyl (C=O) groups is 3. The first-order chi connectivity index (χ1) is 18.9. The van der Waals surface area contributed by atoms with Crippen LogP contribution in [0.25, 0.3) is 0 Å². The number of ether oxygens (including phenoxy) is 1. The van der Waals surface area contributed by atoms with Gasteiger partial charge in [-0.3, -0.25) is 19.4 Å². The first-order valence-electron chi connectivity index (χ1n) is 12.5. The van der Waals surface area contributed by atoms with Crippen LogP contribution >= 0.6 is 11.6 Å². The second-order valence-corrected chi connectivity index (χ2v) is 11.9. The van der Waals surface area contributed by atoms with Crippen molar-refractivity contribution in [1.82, 2.24) is 14.9 Å². The summed E-state index contributed by atoms with van der Waals surface area (Å²) >= 11 is 6.49. The molecule has 2 N–H and O–H groups in total. The molecule has 0 radical (unpaired) electrons. The first kappa shape index (κ1) is 29.7. The van der Waals surface area contributed by atoms with Crippen LogP contribution in [0.2, 0.25) is 5.02 Å². The van der Waals surface area contributed by atoms with Gasteiger partial charge in [0, 0.05) is 41.7 Å². The van der Waals surface area contributed by atoms with Crippen LogP contribution in [0.4, 0.5) is 19.3 Å². The number of amides is 3. The van der Waals surface area contributed by atoms with E-state index in [4.69, 9.17) is 16.3 Å². The largest absolute Gasteiger partial charge is 0.453 e. The van der Waals surface area contributed by atoms with Crippen LogP contribution in [0, 0.1) is 0 Å². The van der Waals surface area contributed by atoms with Crippen molar-refractivity contribution in [1.29, 1.82) is 0 Å². The van der Waals surface area contributed by atoms with Crippen molar-refractivity contribution in [3.8, 4) is 0 Å². The fourth-order valence-corrected chi connectivity index (χ4v) is 5.99. The Morgan fingerprint density at radius 2 is 1.85 bits per heavy atom. The number of halogens is 3. The Kier molecular flexibility index (Phi) is 8.66. The minimum atomic E-state index is -3.96. The summed E-state index contributed by atoms with van der Waals surface area (Å²) in [7, 11) is -1.55. The summed E-state index contributed by atoms with van der Waals surface area (Å²) in [5.74, 6) is -4.39. The Morgan fingerprint density at radius 3 is 2.48 bits per heavy atom. The second-order valence-electron chi connectivity index (χ2n) is 9.63. The van der Waals surface area contributed by atoms with Crippen LogP contribution in [0.3, 0.4) is 0 Å². The van der Waals surface area contributed by atoms with Crippen molar-refractivity contribution in [2.24, 2.45) is 0 Å². The molecule has 4 rings (SSSR count). The van der Waals surface area contributed by atoms with Crippen LogP contribution < -0.4 is 14.9 Å². The molecular formula is C26H29ClF2N4O6S. The number of nitrogens with zero attached hydrogens (tertiary/aromatic N) is 2. The normalized spacial score (nSPS) is 19.4. The molecular weight excluding hydrogens is 570 g/mol. The molecule has 1 aliphatic carbocycles. The molecule has 2 aromatic rings. The summed E-state index contributed by atoms with van der Waals surface area (Å²) in [5.41, 5.74) is 0.211. The average molecular weight is 599 g/mol. The third-order valence-corrected chi connectivity index (χ3v) is 8.76. The maximum Gasteiger partial charge on any atom is 0.410 e. The molecule has 216 valence electrons. The van der Waals surface area contributed by atoms with Gasteiger partial charge in [-0.15, -0.1) is 0 Å². The van der Waals surface area contributed by atoms with E-state index >= 15 is 0 Å². The van der Waals surface area contributed by atoms with Crippen LogP contribution in [0.15, 0.2) is 53.4 Å². The number of hydrogen-bond donors (Lipinski definition) is 2. The molecule has 14 heteroatoms. The van der Waals surface area contributed by atoms with Gasteiger partial charge in [0.15, 0.2) is 0 Å². The lowest BCUT2D eigenvalue weighted by molar-refractivity contribution is -0.133. The first-order valence-corrected chi connectivity index (χ1v) is 14.4. The van der Waals surface area contributed by atoms with Gasteiger partial charge >= 0.3 is 6.09 Å². The van der Waals surface area contributed by atoms with E-state index in [0.717, 1.165) is 4.90 Å². The standard InChI is InChI=1S/C26H29ClF2N4O6S/c1-30-40(37,38)18-8-5-7-17(13-18)33(24(35)21-11-6-12-32(21)25(36)39-2)22(19-9-3-4-10-20(19)27)23(34)31-16-14-26(28,29)15-16/h3-5,7-10,13,16,21-22,30H,6,11-12,14-15H2,1-2H3,(H,31,34)/t21-,22-/m0/s1. The van der Waals surface area contributed by atoms with E-state index in [1.54, 1.807) is 12.1 Å². The van der Waals surface area contributed by atoms with Gasteiger partial charge in [0.25, 0.3) is 11.8 Å². The predicted octanol–water partition coefficient (Wildman–Crippen LogP) is 3.47. The summed E-state index contributed by atoms with van der Waals surface area (Å²) < 4.78 is 59.4. The Labute approximate surface area is 235 Å². The molecule has 0 spiro atoms. The lowest BCUT2D eigenvalue weighted by atomic mass is 9.87. The number of likely N-dealkylation sites (tertiary alicyclic amines) is 1. The Bertz CT molecular complexity index is 1400. The molecule has 0 aromatic heterocycles. The van der Waals surface area contributed by atoms with E-state index in [1.807, 2.05) is 0 Å². The van der Waals surface area contributed by atoms with Crippen molar-refractivity contribution < 1.29 is 36.3 Å². The SMILES string of the molecule is CNS(=O)(=O)c1cccc(N(C(=O)[C@@H]2CCCN2C(=O)OC)[C@H](C(=O)NC2CC(F)(F)C2)c2ccccc2Cl)c1. The van der Waals surface area contributed by atoms with Gasteiger partial charge in [0.05, 0.1) is 12.0 Å². The number of nitrogens with one attached hydrogen (secondary N) is 2. The highest BCUT2D eigenvalue weighted by Gasteiger charge is 2.48. The van der Waals surface area contributed by atoms with Gasteiger partial charge < -0.3 is 10.1 Å². The zero-order valence-electron chi connectivity index (χ0n) is 21.8. The van der Waals surface area contributed by atoms with E-state index in [2.05, 4.69) is 10.0 Å². The molecule has 1 heterocycles. The number of methoxy groups -OCH3 is 1. The minimum Gasteiger partial charge on any atom is -0.453 e. The number of sulfonamides is 1. The maximum atomic E-state index is 14.3. The van der Waals surface area contributed by atoms with Crippen molar-refractivity contribution in [3.63, 3.8) is 0 Å². The highest BCUT2D eigenvalue weighted by Crippen LogP contribution is 2.39. The maximum absolute atomic E-state index is 14.3. The Morgan fingerprint density at radius 1 is 1.15 bits per heavy atom. The van der Waals surface area contributed by atoms with Gasteiger partial charge in [0.2, 0.25) is 15.9 Å². The van der Waals surface area contributed by atoms with Crippen LogP contribution in [0.5, 0.6) is 0 Å². The smallest absolute Gasteiger partial charge is 0.410 e. The van der Waals surface area contributed by atoms with Crippen LogP contribution in [0.1, 0.15) is 37.3 Å². The molecule has 1 saturated carbocycles. The number of anilines is 1. The van der Waals surface area contributed by atoms with E-state index in [-0.39, 0.29) is 34.1 Å². The van der Waals surface area contributed by atoms with Gasteiger partial charge in [-0.25, -0.2) is 26.7 Å². The molecule has 3 amide bonds. The summed E-state index contributed by atoms with van der Waals surface area (Å²) in [5, 5.41) is 2.71. The summed E-state index contributed by atoms with van der Waals surface area (Å²) in [6.07, 6.45) is -1.12. The molecule has 2 atom stereocenters. The molecule has 0 unspecified atom stereocenters. The molecule has 40 heavy (non-hydrogen) atoms. The monoisotopic (exact) mass is 598 g/mol. The van der Waals surface area contributed by atoms with Crippen molar-refractivity contribution in [3.05, 3.63) is 59.1 Å². The van der Waals surface area contributed by atoms with E-state index in [9.17, 15) is 31.6 Å². The number of alkyl halides is 2. The zero-order valence-corrected chi connectivity index (χ0v) is 23.3. The third kappa shape index (κ3) is 6.06. The van der Waals surface area contributed by atoms with Gasteiger partial charge in [0.1, 0.15) is 12.1 Å². The summed E-state index contributed by atoms with van der Waals surface area (Å²) in [6, 6.07) is 8.27. The van der Waals surface area contributed by atoms with Crippen LogP contribution in [-0.4, -0.2) is 69.9 Å². The summed E-state index contributed by atoms with van der Waals surface area (Å²) in [6.45, 7) is 0.227. The topological polar surface area (TPSA) is 125 Å². The van der Waals surface area contributed by atoms with E-state index in [1.165, 1.54) is 55.5 Å². The molecule has 2 fully saturated rings. The Balaban J connectivity index is 1.86. The highest BCUT2D eigenvalue weighted by atomic mass is 35.5. The zero-order chi connectivity index (χ0) is 29.2. The number of rotatable bonds is 8. The molecule has 0 bridgehead atoms. The molecule has 1 saturated heterocycles. The number of benzene rings is 2. The van der Waals surface area contributed by atoms with E-state index < -0.39 is 64.8 Å². The highest BCUT2D eigenvalue weighted by molar-refractivity contribution is 7.89. The fraction of sp³-hybridized carbons (Fsp3) is 0.423. The quantitative estimate of drug-likeness (QED) is 0.479. The van der Waals surface area contributed by atoms with Crippen molar-refractivity contribution in [2.45, 2.75) is 54.6 Å². The average Bonchev–Trinajstić information content (AvgIpc) is 3.40. The molecule has 1 aliphatic heterocycles. The predicted molar refractivity (Wildman–Crippen MR) is 143 cm³/mol. The fourth-order valence-electron chi connectivity index (χ4n) is 4.98. The van der Waals surface area contributed by atoms with Gasteiger partial charge in [-0.05, 0) is 44.2 Å². The Hall–Kier alpha value is -3.29. The molecule has 2 aliphatic rings. The van der Waals surface area contributed by atoms with Gasteiger partial charge in [-0.2, -0.15) is 0 Å². The van der Waals surface area contributed by atoms with Crippen molar-refractivity contribution in [2.75, 3.05) is 25.6 Å². The second kappa shape index (κ2) is 11.7. The number of carbonyl (C=O) groups excluding carboxylic acids is 3. The van der Waals surface area contributed by atoms with Crippen molar-refractivity contribution >= 4 is 45.2 Å².